The molecule has 164 valence electrons. The van der Waals surface area contributed by atoms with Crippen LogP contribution >= 0.6 is 0 Å². The number of aryl methyl sites for hydroxylation is 1. The van der Waals surface area contributed by atoms with Crippen molar-refractivity contribution in [2.45, 2.75) is 11.6 Å². The van der Waals surface area contributed by atoms with Crippen molar-refractivity contribution in [3.8, 4) is 11.8 Å². The Kier molecular flexibility index (Phi) is 4.57. The normalized spacial score (nSPS) is 20.2. The molecule has 1 aliphatic heterocycles. The molecule has 0 bridgehead atoms. The molecule has 0 amide bonds. The molecule has 0 N–H and O–H groups in total. The molecule has 3 aromatic carbocycles. The summed E-state index contributed by atoms with van der Waals surface area (Å²) in [5, 5.41) is 9.79. The van der Waals surface area contributed by atoms with Gasteiger partial charge in [0.05, 0.1) is 28.3 Å². The summed E-state index contributed by atoms with van der Waals surface area (Å²) in [4.78, 5) is 13.1. The molecule has 5 rings (SSSR count). The highest BCUT2D eigenvalue weighted by Crippen LogP contribution is 2.58. The number of fused-ring (bicyclic) bond motifs is 3. The van der Waals surface area contributed by atoms with Gasteiger partial charge in [0.15, 0.2) is 11.7 Å². The molecule has 0 saturated carbocycles. The van der Waals surface area contributed by atoms with Gasteiger partial charge in [-0.25, -0.2) is 0 Å². The van der Waals surface area contributed by atoms with Crippen LogP contribution in [0.1, 0.15) is 22.4 Å². The molecule has 0 saturated heterocycles. The number of para-hydroxylation sites is 1. The van der Waals surface area contributed by atoms with E-state index < -0.39 is 23.5 Å². The van der Waals surface area contributed by atoms with E-state index in [9.17, 15) is 23.2 Å². The largest absolute Gasteiger partial charge is 0.423 e. The average Bonchev–Trinajstić information content (AvgIpc) is 3.10. The van der Waals surface area contributed by atoms with Crippen molar-refractivity contribution in [3.63, 3.8) is 0 Å². The number of carbonyl (C=O) groups excluding carboxylic acids is 1. The Morgan fingerprint density at radius 1 is 0.939 bits per heavy atom. The summed E-state index contributed by atoms with van der Waals surface area (Å²) in [7, 11) is 1.68. The van der Waals surface area contributed by atoms with E-state index in [4.69, 9.17) is 4.74 Å². The van der Waals surface area contributed by atoms with Gasteiger partial charge in [0, 0.05) is 12.4 Å². The lowest BCUT2D eigenvalue weighted by atomic mass is 9.62. The zero-order valence-corrected chi connectivity index (χ0v) is 17.4. The second-order valence-electron chi connectivity index (χ2n) is 8.01. The van der Waals surface area contributed by atoms with Crippen molar-refractivity contribution in [2.24, 2.45) is 13.0 Å². The first-order valence-electron chi connectivity index (χ1n) is 10.2. The quantitative estimate of drug-likeness (QED) is 0.383. The van der Waals surface area contributed by atoms with E-state index in [1.54, 1.807) is 66.2 Å². The Labute approximate surface area is 187 Å². The van der Waals surface area contributed by atoms with Crippen LogP contribution in [0.25, 0.3) is 10.9 Å². The van der Waals surface area contributed by atoms with E-state index in [0.29, 0.717) is 22.0 Å². The summed E-state index contributed by atoms with van der Waals surface area (Å²) in [6.07, 6.45) is -4.91. The Bertz CT molecular complexity index is 1420. The van der Waals surface area contributed by atoms with E-state index in [1.165, 1.54) is 24.3 Å². The highest BCUT2D eigenvalue weighted by atomic mass is 19.4. The summed E-state index contributed by atoms with van der Waals surface area (Å²) in [6, 6.07) is 23.1. The van der Waals surface area contributed by atoms with Crippen molar-refractivity contribution in [2.75, 3.05) is 0 Å². The van der Waals surface area contributed by atoms with Gasteiger partial charge in [-0.15, -0.1) is 0 Å². The molecule has 1 aliphatic rings. The minimum absolute atomic E-state index is 0.117. The predicted octanol–water partition coefficient (Wildman–Crippen LogP) is 5.48. The molecule has 2 atom stereocenters. The molecule has 33 heavy (non-hydrogen) atoms. The van der Waals surface area contributed by atoms with Crippen molar-refractivity contribution in [3.05, 3.63) is 101 Å². The molecule has 2 unspecified atom stereocenters. The third-order valence-electron chi connectivity index (χ3n) is 6.33. The van der Waals surface area contributed by atoms with E-state index in [0.717, 1.165) is 0 Å². The number of rotatable bonds is 2. The molecule has 0 aliphatic carbocycles. The van der Waals surface area contributed by atoms with Gasteiger partial charge in [-0.3, -0.25) is 4.79 Å². The second kappa shape index (κ2) is 7.24. The standard InChI is InChI=1S/C26H17F3N2O2/c1-31-20-10-6-5-9-19(20)21-23(31)25(17-7-3-2-4-8-17,18-13-11-16(15-30)12-14-18)22(24(32)33-21)26(27,28)29/h2-14,22H,1H3. The number of carbonyl (C=O) groups is 1. The molecule has 7 heteroatoms. The number of alkyl halides is 3. The number of halogens is 3. The molecule has 0 fully saturated rings. The molecular formula is C26H17F3N2O2. The number of hydrogen-bond donors (Lipinski definition) is 0. The van der Waals surface area contributed by atoms with E-state index >= 15 is 0 Å². The summed E-state index contributed by atoms with van der Waals surface area (Å²) in [5.74, 6) is -3.73. The maximum Gasteiger partial charge on any atom is 0.403 e. The first-order chi connectivity index (χ1) is 15.8. The maximum absolute atomic E-state index is 14.7. The average molecular weight is 446 g/mol. The second-order valence-corrected chi connectivity index (χ2v) is 8.01. The third kappa shape index (κ3) is 2.87. The summed E-state index contributed by atoms with van der Waals surface area (Å²) < 4.78 is 51.3. The smallest absolute Gasteiger partial charge is 0.403 e. The minimum atomic E-state index is -4.91. The van der Waals surface area contributed by atoms with Crippen molar-refractivity contribution >= 4 is 16.9 Å². The van der Waals surface area contributed by atoms with Gasteiger partial charge < -0.3 is 9.30 Å². The Morgan fingerprint density at radius 2 is 1.55 bits per heavy atom. The van der Waals surface area contributed by atoms with Crippen LogP contribution < -0.4 is 4.74 Å². The fraction of sp³-hybridized carbons (Fsp3) is 0.154. The number of aromatic nitrogens is 1. The summed E-state index contributed by atoms with van der Waals surface area (Å²) in [5.41, 5.74) is -0.180. The lowest BCUT2D eigenvalue weighted by Gasteiger charge is -2.44. The van der Waals surface area contributed by atoms with E-state index in [-0.39, 0.29) is 17.0 Å². The van der Waals surface area contributed by atoms with Gasteiger partial charge in [0.2, 0.25) is 0 Å². The van der Waals surface area contributed by atoms with Gasteiger partial charge in [0.25, 0.3) is 0 Å². The third-order valence-corrected chi connectivity index (χ3v) is 6.33. The van der Waals surface area contributed by atoms with Gasteiger partial charge in [-0.1, -0.05) is 54.6 Å². The first-order valence-corrected chi connectivity index (χ1v) is 10.2. The number of nitriles is 1. The zero-order chi connectivity index (χ0) is 23.4. The Morgan fingerprint density at radius 3 is 2.18 bits per heavy atom. The number of hydrogen-bond acceptors (Lipinski definition) is 3. The maximum atomic E-state index is 14.7. The van der Waals surface area contributed by atoms with Crippen molar-refractivity contribution in [1.82, 2.24) is 4.57 Å². The fourth-order valence-electron chi connectivity index (χ4n) is 5.04. The van der Waals surface area contributed by atoms with Crippen LogP contribution in [0.2, 0.25) is 0 Å². The van der Waals surface area contributed by atoms with Crippen LogP contribution in [0.3, 0.4) is 0 Å². The lowest BCUT2D eigenvalue weighted by Crippen LogP contribution is -2.54. The van der Waals surface area contributed by atoms with E-state index in [1.807, 2.05) is 6.07 Å². The van der Waals surface area contributed by atoms with Gasteiger partial charge in [0.1, 0.15) is 0 Å². The number of benzene rings is 3. The van der Waals surface area contributed by atoms with Gasteiger partial charge in [-0.05, 0) is 35.4 Å². The first kappa shape index (κ1) is 20.8. The van der Waals surface area contributed by atoms with Crippen LogP contribution in [-0.4, -0.2) is 16.7 Å². The zero-order valence-electron chi connectivity index (χ0n) is 17.4. The van der Waals surface area contributed by atoms with Crippen LogP contribution in [0, 0.1) is 17.2 Å². The Balaban J connectivity index is 2.01. The summed E-state index contributed by atoms with van der Waals surface area (Å²) >= 11 is 0. The number of nitrogens with zero attached hydrogens (tertiary/aromatic N) is 2. The highest BCUT2D eigenvalue weighted by molar-refractivity contribution is 5.96. The minimum Gasteiger partial charge on any atom is -0.423 e. The SMILES string of the molecule is Cn1c2c(c3ccccc31)OC(=O)C(C(F)(F)F)C2(c1ccccc1)c1ccc(C#N)cc1. The molecule has 1 aromatic heterocycles. The number of esters is 1. The molecule has 4 nitrogen and oxygen atoms in total. The van der Waals surface area contributed by atoms with Gasteiger partial charge >= 0.3 is 12.1 Å². The molecule has 0 radical (unpaired) electrons. The number of ether oxygens (including phenoxy) is 1. The van der Waals surface area contributed by atoms with Crippen molar-refractivity contribution < 1.29 is 22.7 Å². The molecule has 0 spiro atoms. The van der Waals surface area contributed by atoms with Crippen LogP contribution in [0.5, 0.6) is 5.75 Å². The predicted molar refractivity (Wildman–Crippen MR) is 116 cm³/mol. The lowest BCUT2D eigenvalue weighted by molar-refractivity contribution is -0.203. The van der Waals surface area contributed by atoms with Gasteiger partial charge in [-0.2, -0.15) is 18.4 Å². The summed E-state index contributed by atoms with van der Waals surface area (Å²) in [6.45, 7) is 0. The van der Waals surface area contributed by atoms with Crippen LogP contribution in [0.4, 0.5) is 13.2 Å². The monoisotopic (exact) mass is 446 g/mol. The van der Waals surface area contributed by atoms with Crippen LogP contribution in [0.15, 0.2) is 78.9 Å². The highest BCUT2D eigenvalue weighted by Gasteiger charge is 2.65. The molecule has 4 aromatic rings. The Hall–Kier alpha value is -4.05. The topological polar surface area (TPSA) is 55.0 Å². The molecular weight excluding hydrogens is 429 g/mol. The fourth-order valence-corrected chi connectivity index (χ4v) is 5.04. The van der Waals surface area contributed by atoms with E-state index in [2.05, 4.69) is 0 Å². The van der Waals surface area contributed by atoms with Crippen molar-refractivity contribution in [1.29, 1.82) is 5.26 Å². The molecule has 2 heterocycles. The van der Waals surface area contributed by atoms with Crippen LogP contribution in [-0.2, 0) is 17.3 Å².